The van der Waals surface area contributed by atoms with Crippen molar-refractivity contribution >= 4 is 11.0 Å². The maximum atomic E-state index is 13.2. The fourth-order valence-corrected chi connectivity index (χ4v) is 4.96. The van der Waals surface area contributed by atoms with E-state index in [1.54, 1.807) is 0 Å². The zero-order chi connectivity index (χ0) is 20.0. The quantitative estimate of drug-likeness (QED) is 0.632. The second kappa shape index (κ2) is 10.7. The van der Waals surface area contributed by atoms with E-state index in [4.69, 9.17) is 4.74 Å². The Hall–Kier alpha value is -0.750. The number of hydrogen-bond donors (Lipinski definition) is 1. The van der Waals surface area contributed by atoms with E-state index in [1.165, 1.54) is 16.7 Å². The molecular formula is C22H38N2O2S. The summed E-state index contributed by atoms with van der Waals surface area (Å²) in [6.07, 6.45) is 1.00. The Morgan fingerprint density at radius 1 is 1.00 bits per heavy atom. The van der Waals surface area contributed by atoms with Crippen LogP contribution >= 0.6 is 0 Å². The van der Waals surface area contributed by atoms with Gasteiger partial charge in [0.1, 0.15) is 11.0 Å². The fourth-order valence-electron chi connectivity index (χ4n) is 3.47. The first-order valence-electron chi connectivity index (χ1n) is 10.4. The Labute approximate surface area is 168 Å². The molecule has 1 N–H and O–H groups in total. The highest BCUT2D eigenvalue weighted by Crippen LogP contribution is 2.33. The second-order valence-corrected chi connectivity index (χ2v) is 9.70. The minimum Gasteiger partial charge on any atom is -0.379 e. The van der Waals surface area contributed by atoms with Crippen molar-refractivity contribution in [3.63, 3.8) is 0 Å². The average Bonchev–Trinajstić information content (AvgIpc) is 2.64. The Kier molecular flexibility index (Phi) is 8.93. The van der Waals surface area contributed by atoms with Gasteiger partial charge in [0.05, 0.1) is 18.1 Å². The van der Waals surface area contributed by atoms with Gasteiger partial charge in [-0.05, 0) is 47.4 Å². The molecule has 27 heavy (non-hydrogen) atoms. The smallest absolute Gasteiger partial charge is 0.125 e. The van der Waals surface area contributed by atoms with E-state index in [0.717, 1.165) is 50.7 Å². The van der Waals surface area contributed by atoms with Gasteiger partial charge in [-0.25, -0.2) is 8.93 Å². The zero-order valence-electron chi connectivity index (χ0n) is 18.0. The monoisotopic (exact) mass is 394 g/mol. The second-order valence-electron chi connectivity index (χ2n) is 8.46. The SMILES string of the molecule is CC(C)c1cc(C(C)C)c([S@](=O)NCCCN2CCOCC2)c(C(C)C)c1. The van der Waals surface area contributed by atoms with Gasteiger partial charge in [0.25, 0.3) is 0 Å². The number of nitrogens with one attached hydrogen (secondary N) is 1. The van der Waals surface area contributed by atoms with Crippen LogP contribution in [0, 0.1) is 0 Å². The van der Waals surface area contributed by atoms with Gasteiger partial charge in [0, 0.05) is 19.6 Å². The summed E-state index contributed by atoms with van der Waals surface area (Å²) in [4.78, 5) is 3.43. The van der Waals surface area contributed by atoms with Crippen LogP contribution in [0.2, 0.25) is 0 Å². The molecule has 0 spiro atoms. The summed E-state index contributed by atoms with van der Waals surface area (Å²) in [6, 6.07) is 4.54. The summed E-state index contributed by atoms with van der Waals surface area (Å²) in [6.45, 7) is 18.7. The maximum absolute atomic E-state index is 13.2. The van der Waals surface area contributed by atoms with Crippen molar-refractivity contribution in [2.45, 2.75) is 70.6 Å². The van der Waals surface area contributed by atoms with Crippen molar-refractivity contribution in [1.82, 2.24) is 9.62 Å². The molecule has 0 radical (unpaired) electrons. The van der Waals surface area contributed by atoms with Crippen molar-refractivity contribution in [3.05, 3.63) is 28.8 Å². The highest BCUT2D eigenvalue weighted by atomic mass is 32.2. The Balaban J connectivity index is 2.10. The number of ether oxygens (including phenoxy) is 1. The van der Waals surface area contributed by atoms with Gasteiger partial charge in [-0.15, -0.1) is 0 Å². The van der Waals surface area contributed by atoms with Gasteiger partial charge in [-0.2, -0.15) is 0 Å². The third-order valence-corrected chi connectivity index (χ3v) is 6.56. The standard InChI is InChI=1S/C22H38N2O2S/c1-16(2)19-14-20(17(3)4)22(21(15-19)18(5)6)27(25)23-8-7-9-24-10-12-26-13-11-24/h14-18,23H,7-13H2,1-6H3/t27-/m0/s1. The lowest BCUT2D eigenvalue weighted by Crippen LogP contribution is -2.37. The molecule has 1 aliphatic heterocycles. The van der Waals surface area contributed by atoms with Crippen molar-refractivity contribution in [3.8, 4) is 0 Å². The largest absolute Gasteiger partial charge is 0.379 e. The van der Waals surface area contributed by atoms with E-state index in [9.17, 15) is 4.21 Å². The topological polar surface area (TPSA) is 41.6 Å². The minimum atomic E-state index is -1.17. The summed E-state index contributed by atoms with van der Waals surface area (Å²) in [5, 5.41) is 0. The van der Waals surface area contributed by atoms with Crippen LogP contribution in [0.5, 0.6) is 0 Å². The van der Waals surface area contributed by atoms with Crippen LogP contribution in [0.3, 0.4) is 0 Å². The van der Waals surface area contributed by atoms with Gasteiger partial charge < -0.3 is 4.74 Å². The predicted molar refractivity (Wildman–Crippen MR) is 115 cm³/mol. The molecule has 4 nitrogen and oxygen atoms in total. The van der Waals surface area contributed by atoms with Crippen LogP contribution in [0.1, 0.15) is 82.4 Å². The molecule has 0 aromatic heterocycles. The minimum absolute atomic E-state index is 0.357. The summed E-state index contributed by atoms with van der Waals surface area (Å²) in [5.74, 6) is 1.19. The number of rotatable bonds is 9. The molecule has 0 saturated carbocycles. The first kappa shape index (κ1) is 22.5. The van der Waals surface area contributed by atoms with Crippen LogP contribution in [0.15, 0.2) is 17.0 Å². The van der Waals surface area contributed by atoms with E-state index >= 15 is 0 Å². The summed E-state index contributed by atoms with van der Waals surface area (Å²) in [5.41, 5.74) is 3.79. The molecule has 1 atom stereocenters. The van der Waals surface area contributed by atoms with Crippen molar-refractivity contribution in [1.29, 1.82) is 0 Å². The lowest BCUT2D eigenvalue weighted by atomic mass is 9.89. The number of hydrogen-bond acceptors (Lipinski definition) is 3. The van der Waals surface area contributed by atoms with E-state index in [1.807, 2.05) is 0 Å². The molecular weight excluding hydrogens is 356 g/mol. The van der Waals surface area contributed by atoms with Crippen LogP contribution in [-0.4, -0.2) is 48.5 Å². The molecule has 5 heteroatoms. The van der Waals surface area contributed by atoms with Gasteiger partial charge >= 0.3 is 0 Å². The van der Waals surface area contributed by atoms with E-state index in [-0.39, 0.29) is 0 Å². The van der Waals surface area contributed by atoms with Crippen molar-refractivity contribution in [2.75, 3.05) is 39.4 Å². The maximum Gasteiger partial charge on any atom is 0.125 e. The molecule has 154 valence electrons. The molecule has 0 aliphatic carbocycles. The molecule has 0 unspecified atom stereocenters. The first-order chi connectivity index (χ1) is 12.8. The number of benzene rings is 1. The van der Waals surface area contributed by atoms with Gasteiger partial charge in [-0.1, -0.05) is 53.7 Å². The lowest BCUT2D eigenvalue weighted by molar-refractivity contribution is 0.0376. The molecule has 1 heterocycles. The van der Waals surface area contributed by atoms with E-state index < -0.39 is 11.0 Å². The summed E-state index contributed by atoms with van der Waals surface area (Å²) in [7, 11) is -1.17. The first-order valence-corrected chi connectivity index (χ1v) is 11.6. The summed E-state index contributed by atoms with van der Waals surface area (Å²) >= 11 is 0. The molecule has 1 aromatic rings. The third kappa shape index (κ3) is 6.38. The lowest BCUT2D eigenvalue weighted by Gasteiger charge is -2.26. The Bertz CT molecular complexity index is 594. The molecule has 0 amide bonds. The summed E-state index contributed by atoms with van der Waals surface area (Å²) < 4.78 is 21.9. The van der Waals surface area contributed by atoms with Crippen LogP contribution in [-0.2, 0) is 15.7 Å². The van der Waals surface area contributed by atoms with Crippen molar-refractivity contribution < 1.29 is 8.95 Å². The molecule has 0 bridgehead atoms. The highest BCUT2D eigenvalue weighted by Gasteiger charge is 2.21. The molecule has 1 saturated heterocycles. The third-order valence-electron chi connectivity index (χ3n) is 5.25. The molecule has 1 aliphatic rings. The molecule has 1 aromatic carbocycles. The van der Waals surface area contributed by atoms with Gasteiger partial charge in [-0.3, -0.25) is 4.90 Å². The van der Waals surface area contributed by atoms with E-state index in [2.05, 4.69) is 63.3 Å². The normalized spacial score (nSPS) is 17.2. The van der Waals surface area contributed by atoms with Crippen molar-refractivity contribution in [2.24, 2.45) is 0 Å². The molecule has 1 fully saturated rings. The zero-order valence-corrected chi connectivity index (χ0v) is 18.8. The van der Waals surface area contributed by atoms with Crippen LogP contribution < -0.4 is 4.72 Å². The Morgan fingerprint density at radius 3 is 2.04 bits per heavy atom. The van der Waals surface area contributed by atoms with Crippen LogP contribution in [0.25, 0.3) is 0 Å². The van der Waals surface area contributed by atoms with E-state index in [0.29, 0.717) is 17.8 Å². The van der Waals surface area contributed by atoms with Gasteiger partial charge in [0.15, 0.2) is 0 Å². The predicted octanol–water partition coefficient (Wildman–Crippen LogP) is 4.39. The Morgan fingerprint density at radius 2 is 1.56 bits per heavy atom. The molecule has 2 rings (SSSR count). The van der Waals surface area contributed by atoms with Gasteiger partial charge in [0.2, 0.25) is 0 Å². The fraction of sp³-hybridized carbons (Fsp3) is 0.727. The average molecular weight is 395 g/mol. The highest BCUT2D eigenvalue weighted by molar-refractivity contribution is 7.83. The number of nitrogens with zero attached hydrogens (tertiary/aromatic N) is 1. The number of morpholine rings is 1. The van der Waals surface area contributed by atoms with Crippen LogP contribution in [0.4, 0.5) is 0 Å².